The Morgan fingerprint density at radius 3 is 2.79 bits per heavy atom. The maximum Gasteiger partial charge on any atom is 0.284 e. The van der Waals surface area contributed by atoms with Gasteiger partial charge in [0.2, 0.25) is 10.1 Å². The summed E-state index contributed by atoms with van der Waals surface area (Å²) in [6, 6.07) is 3.38. The number of rotatable bonds is 6. The Morgan fingerprint density at radius 2 is 2.06 bits per heavy atom. The Labute approximate surface area is 205 Å². The van der Waals surface area contributed by atoms with E-state index < -0.39 is 5.91 Å². The predicted octanol–water partition coefficient (Wildman–Crippen LogP) is 3.47. The van der Waals surface area contributed by atoms with Crippen molar-refractivity contribution in [2.75, 3.05) is 32.7 Å². The van der Waals surface area contributed by atoms with Crippen LogP contribution in [-0.4, -0.2) is 70.3 Å². The number of carbonyl (C=O) groups excluding carboxylic acids is 2. The van der Waals surface area contributed by atoms with Crippen molar-refractivity contribution in [3.8, 4) is 16.9 Å². The fourth-order valence-corrected chi connectivity index (χ4v) is 4.50. The Kier molecular flexibility index (Phi) is 7.35. The lowest BCUT2D eigenvalue weighted by atomic mass is 10.0. The Balaban J connectivity index is 1.56. The average molecular weight is 503 g/mol. The monoisotopic (exact) mass is 502 g/mol. The first-order valence-corrected chi connectivity index (χ1v) is 11.7. The van der Waals surface area contributed by atoms with Gasteiger partial charge in [-0.2, -0.15) is 0 Å². The van der Waals surface area contributed by atoms with Gasteiger partial charge in [0.15, 0.2) is 0 Å². The summed E-state index contributed by atoms with van der Waals surface area (Å²) in [7, 11) is 3.23. The summed E-state index contributed by atoms with van der Waals surface area (Å²) in [4.78, 5) is 35.9. The second kappa shape index (κ2) is 10.4. The molecule has 0 unspecified atom stereocenters. The SMILES string of the molecule is COc1cnc(Cl)cc1-c1cc(C)ncc1C(=O)Nc1nnc(C(=O)N(C)[C@@H]2CCCOC2)s1. The molecule has 4 rings (SSSR count). The van der Waals surface area contributed by atoms with Crippen LogP contribution in [0.5, 0.6) is 5.75 Å². The second-order valence-corrected chi connectivity index (χ2v) is 9.10. The van der Waals surface area contributed by atoms with Crippen molar-refractivity contribution in [2.45, 2.75) is 25.8 Å². The molecule has 4 heterocycles. The van der Waals surface area contributed by atoms with Crippen LogP contribution in [0, 0.1) is 6.92 Å². The number of aromatic nitrogens is 4. The lowest BCUT2D eigenvalue weighted by molar-refractivity contribution is 0.0244. The van der Waals surface area contributed by atoms with E-state index in [0.29, 0.717) is 35.8 Å². The van der Waals surface area contributed by atoms with Crippen LogP contribution in [0.2, 0.25) is 5.15 Å². The molecular weight excluding hydrogens is 480 g/mol. The fraction of sp³-hybridized carbons (Fsp3) is 0.364. The van der Waals surface area contributed by atoms with E-state index in [-0.39, 0.29) is 32.8 Å². The number of pyridine rings is 2. The molecule has 1 fully saturated rings. The number of nitrogens with zero attached hydrogens (tertiary/aromatic N) is 5. The number of likely N-dealkylation sites (N-methyl/N-ethyl adjacent to an activating group) is 1. The first-order chi connectivity index (χ1) is 16.4. The molecule has 3 aromatic rings. The van der Waals surface area contributed by atoms with E-state index in [1.54, 1.807) is 24.1 Å². The largest absolute Gasteiger partial charge is 0.494 e. The Morgan fingerprint density at radius 1 is 1.24 bits per heavy atom. The molecule has 1 saturated heterocycles. The molecule has 0 spiro atoms. The van der Waals surface area contributed by atoms with Crippen LogP contribution >= 0.6 is 22.9 Å². The third-order valence-electron chi connectivity index (χ3n) is 5.46. The van der Waals surface area contributed by atoms with Crippen molar-refractivity contribution in [3.05, 3.63) is 45.9 Å². The van der Waals surface area contributed by atoms with Gasteiger partial charge in [-0.1, -0.05) is 22.9 Å². The number of ether oxygens (including phenoxy) is 2. The molecule has 3 aromatic heterocycles. The Bertz CT molecular complexity index is 1210. The molecule has 10 nitrogen and oxygen atoms in total. The van der Waals surface area contributed by atoms with Crippen LogP contribution in [0.1, 0.15) is 38.7 Å². The van der Waals surface area contributed by atoms with Crippen LogP contribution in [0.15, 0.2) is 24.5 Å². The van der Waals surface area contributed by atoms with E-state index in [1.165, 1.54) is 19.5 Å². The molecule has 1 aliphatic heterocycles. The number of anilines is 1. The van der Waals surface area contributed by atoms with Gasteiger partial charge in [-0.05, 0) is 31.9 Å². The first kappa shape index (κ1) is 24.0. The number of methoxy groups -OCH3 is 1. The van der Waals surface area contributed by atoms with Crippen LogP contribution in [-0.2, 0) is 4.74 Å². The summed E-state index contributed by atoms with van der Waals surface area (Å²) in [5.74, 6) is -0.258. The standard InChI is InChI=1S/C22H23ClN6O4S/c1-12-7-14(15-8-18(23)25-10-17(15)32-3)16(9-24-12)19(30)26-22-28-27-20(34-22)21(31)29(2)13-5-4-6-33-11-13/h7-10,13H,4-6,11H2,1-3H3,(H,26,28,30)/t13-/m1/s1. The predicted molar refractivity (Wildman–Crippen MR) is 128 cm³/mol. The maximum atomic E-state index is 13.2. The fourth-order valence-electron chi connectivity index (χ4n) is 3.62. The molecule has 0 radical (unpaired) electrons. The van der Waals surface area contributed by atoms with Gasteiger partial charge in [0.05, 0.1) is 31.5 Å². The second-order valence-electron chi connectivity index (χ2n) is 7.73. The van der Waals surface area contributed by atoms with Crippen molar-refractivity contribution >= 4 is 39.9 Å². The summed E-state index contributed by atoms with van der Waals surface area (Å²) < 4.78 is 10.9. The van der Waals surface area contributed by atoms with Gasteiger partial charge in [-0.15, -0.1) is 10.2 Å². The number of hydrogen-bond acceptors (Lipinski definition) is 9. The highest BCUT2D eigenvalue weighted by Crippen LogP contribution is 2.34. The van der Waals surface area contributed by atoms with E-state index >= 15 is 0 Å². The highest BCUT2D eigenvalue weighted by molar-refractivity contribution is 7.17. The molecule has 0 aliphatic carbocycles. The summed E-state index contributed by atoms with van der Waals surface area (Å²) in [6.07, 6.45) is 4.74. The average Bonchev–Trinajstić information content (AvgIpc) is 3.31. The highest BCUT2D eigenvalue weighted by Gasteiger charge is 2.26. The third kappa shape index (κ3) is 5.16. The molecule has 34 heavy (non-hydrogen) atoms. The summed E-state index contributed by atoms with van der Waals surface area (Å²) in [6.45, 7) is 3.02. The third-order valence-corrected chi connectivity index (χ3v) is 6.50. The Hall–Kier alpha value is -3.15. The van der Waals surface area contributed by atoms with E-state index in [0.717, 1.165) is 24.2 Å². The molecule has 1 N–H and O–H groups in total. The lowest BCUT2D eigenvalue weighted by Crippen LogP contribution is -2.42. The van der Waals surface area contributed by atoms with Gasteiger partial charge in [-0.3, -0.25) is 19.9 Å². The molecule has 12 heteroatoms. The zero-order chi connectivity index (χ0) is 24.2. The van der Waals surface area contributed by atoms with E-state index in [1.807, 2.05) is 6.92 Å². The van der Waals surface area contributed by atoms with Crippen molar-refractivity contribution in [3.63, 3.8) is 0 Å². The zero-order valence-electron chi connectivity index (χ0n) is 18.9. The summed E-state index contributed by atoms with van der Waals surface area (Å²) >= 11 is 7.10. The van der Waals surface area contributed by atoms with Gasteiger partial charge < -0.3 is 14.4 Å². The van der Waals surface area contributed by atoms with Crippen molar-refractivity contribution in [1.29, 1.82) is 0 Å². The zero-order valence-corrected chi connectivity index (χ0v) is 20.4. The van der Waals surface area contributed by atoms with Crippen molar-refractivity contribution in [2.24, 2.45) is 0 Å². The minimum absolute atomic E-state index is 0.00783. The lowest BCUT2D eigenvalue weighted by Gasteiger charge is -2.30. The first-order valence-electron chi connectivity index (χ1n) is 10.5. The number of hydrogen-bond donors (Lipinski definition) is 1. The van der Waals surface area contributed by atoms with E-state index in [4.69, 9.17) is 21.1 Å². The van der Waals surface area contributed by atoms with Crippen LogP contribution in [0.3, 0.4) is 0 Å². The van der Waals surface area contributed by atoms with Crippen molar-refractivity contribution < 1.29 is 19.1 Å². The molecule has 0 bridgehead atoms. The van der Waals surface area contributed by atoms with Gasteiger partial charge in [0.25, 0.3) is 11.8 Å². The maximum absolute atomic E-state index is 13.2. The molecule has 2 amide bonds. The number of halogens is 1. The molecule has 1 atom stereocenters. The van der Waals surface area contributed by atoms with Gasteiger partial charge in [-0.25, -0.2) is 4.98 Å². The quantitative estimate of drug-likeness (QED) is 0.509. The van der Waals surface area contributed by atoms with Crippen LogP contribution in [0.4, 0.5) is 5.13 Å². The summed E-state index contributed by atoms with van der Waals surface area (Å²) in [5.41, 5.74) is 2.16. The molecule has 0 aromatic carbocycles. The van der Waals surface area contributed by atoms with Gasteiger partial charge in [0.1, 0.15) is 10.9 Å². The number of aryl methyl sites for hydroxylation is 1. The summed E-state index contributed by atoms with van der Waals surface area (Å²) in [5, 5.41) is 11.3. The minimum Gasteiger partial charge on any atom is -0.494 e. The van der Waals surface area contributed by atoms with Crippen LogP contribution < -0.4 is 10.1 Å². The number of carbonyl (C=O) groups is 2. The molecule has 178 valence electrons. The van der Waals surface area contributed by atoms with Crippen molar-refractivity contribution in [1.82, 2.24) is 25.1 Å². The van der Waals surface area contributed by atoms with Crippen LogP contribution in [0.25, 0.3) is 11.1 Å². The highest BCUT2D eigenvalue weighted by atomic mass is 35.5. The molecule has 0 saturated carbocycles. The van der Waals surface area contributed by atoms with Gasteiger partial charge in [0, 0.05) is 36.7 Å². The number of amides is 2. The molecular formula is C22H23ClN6O4S. The smallest absolute Gasteiger partial charge is 0.284 e. The molecule has 1 aliphatic rings. The van der Waals surface area contributed by atoms with E-state index in [2.05, 4.69) is 25.5 Å². The topological polar surface area (TPSA) is 119 Å². The minimum atomic E-state index is -0.457. The van der Waals surface area contributed by atoms with Gasteiger partial charge >= 0.3 is 0 Å². The normalized spacial score (nSPS) is 15.6. The number of nitrogens with one attached hydrogen (secondary N) is 1. The van der Waals surface area contributed by atoms with E-state index in [9.17, 15) is 9.59 Å².